The van der Waals surface area contributed by atoms with Gasteiger partial charge >= 0.3 is 5.97 Å². The normalized spacial score (nSPS) is 36.2. The summed E-state index contributed by atoms with van der Waals surface area (Å²) in [5, 5.41) is 3.62. The van der Waals surface area contributed by atoms with E-state index in [9.17, 15) is 4.79 Å². The number of rotatable bonds is 2. The molecule has 2 saturated heterocycles. The zero-order chi connectivity index (χ0) is 16.5. The topological polar surface area (TPSA) is 41.6 Å². The summed E-state index contributed by atoms with van der Waals surface area (Å²) in [6.45, 7) is 3.43. The summed E-state index contributed by atoms with van der Waals surface area (Å²) >= 11 is 0. The summed E-state index contributed by atoms with van der Waals surface area (Å²) in [6.07, 6.45) is 4.35. The number of methoxy groups -OCH3 is 1. The molecule has 3 aliphatic heterocycles. The highest BCUT2D eigenvalue weighted by atomic mass is 16.5. The number of benzene rings is 1. The number of esters is 1. The Morgan fingerprint density at radius 2 is 2.25 bits per heavy atom. The molecule has 4 atom stereocenters. The van der Waals surface area contributed by atoms with Crippen molar-refractivity contribution < 1.29 is 9.53 Å². The first-order chi connectivity index (χ1) is 11.7. The standard InChI is InChI=1S/C20H24N2O2/c1-3-13-10-12-11-14(19(23)24-2)17-20(8-9-22(13)18(12)20)15-6-4-5-7-16(15)21-17/h4-7,12-13,18,21H,3,8-11H2,1-2H3/t12-,13+,18-,20+/m1/s1. The Bertz CT molecular complexity index is 756. The number of carbonyl (C=O) groups is 1. The van der Waals surface area contributed by atoms with Crippen molar-refractivity contribution in [3.05, 3.63) is 41.1 Å². The van der Waals surface area contributed by atoms with E-state index in [4.69, 9.17) is 4.74 Å². The van der Waals surface area contributed by atoms with Gasteiger partial charge in [-0.1, -0.05) is 25.1 Å². The highest BCUT2D eigenvalue weighted by Gasteiger charge is 2.64. The van der Waals surface area contributed by atoms with Crippen LogP contribution in [0.3, 0.4) is 0 Å². The Morgan fingerprint density at radius 1 is 1.42 bits per heavy atom. The molecule has 1 aromatic carbocycles. The Kier molecular flexibility index (Phi) is 2.94. The first-order valence-corrected chi connectivity index (χ1v) is 9.15. The van der Waals surface area contributed by atoms with Crippen molar-refractivity contribution in [3.8, 4) is 0 Å². The van der Waals surface area contributed by atoms with E-state index in [0.717, 1.165) is 30.7 Å². The Labute approximate surface area is 142 Å². The molecular weight excluding hydrogens is 300 g/mol. The lowest BCUT2D eigenvalue weighted by molar-refractivity contribution is -0.136. The maximum atomic E-state index is 12.5. The highest BCUT2D eigenvalue weighted by Crippen LogP contribution is 2.62. The molecule has 24 heavy (non-hydrogen) atoms. The number of fused-ring (bicyclic) bond motifs is 1. The summed E-state index contributed by atoms with van der Waals surface area (Å²) in [4.78, 5) is 15.3. The third kappa shape index (κ3) is 1.55. The Balaban J connectivity index is 1.75. The number of nitrogens with zero attached hydrogens (tertiary/aromatic N) is 1. The van der Waals surface area contributed by atoms with Crippen molar-refractivity contribution in [2.24, 2.45) is 5.92 Å². The molecule has 0 amide bonds. The van der Waals surface area contributed by atoms with Crippen LogP contribution in [0.4, 0.5) is 5.69 Å². The molecule has 0 saturated carbocycles. The number of carbonyl (C=O) groups excluding carboxylic acids is 1. The summed E-state index contributed by atoms with van der Waals surface area (Å²) in [7, 11) is 1.50. The van der Waals surface area contributed by atoms with Crippen molar-refractivity contribution in [2.75, 3.05) is 19.0 Å². The van der Waals surface area contributed by atoms with E-state index in [2.05, 4.69) is 41.4 Å². The number of anilines is 1. The molecule has 4 aliphatic rings. The lowest BCUT2D eigenvalue weighted by Crippen LogP contribution is -2.48. The average Bonchev–Trinajstić information content (AvgIpc) is 3.27. The predicted octanol–water partition coefficient (Wildman–Crippen LogP) is 3.05. The van der Waals surface area contributed by atoms with Gasteiger partial charge in [-0.2, -0.15) is 0 Å². The largest absolute Gasteiger partial charge is 0.466 e. The zero-order valence-corrected chi connectivity index (χ0v) is 14.3. The van der Waals surface area contributed by atoms with Crippen LogP contribution in [-0.2, 0) is 14.9 Å². The van der Waals surface area contributed by atoms with Gasteiger partial charge in [-0.25, -0.2) is 4.79 Å². The molecule has 1 aromatic rings. The van der Waals surface area contributed by atoms with E-state index in [1.54, 1.807) is 0 Å². The van der Waals surface area contributed by atoms with Crippen LogP contribution >= 0.6 is 0 Å². The van der Waals surface area contributed by atoms with Crippen LogP contribution in [0.5, 0.6) is 0 Å². The Hall–Kier alpha value is -1.81. The minimum atomic E-state index is -0.151. The zero-order valence-electron chi connectivity index (χ0n) is 14.3. The highest BCUT2D eigenvalue weighted by molar-refractivity contribution is 5.93. The van der Waals surface area contributed by atoms with Gasteiger partial charge in [-0.05, 0) is 43.2 Å². The average molecular weight is 324 g/mol. The van der Waals surface area contributed by atoms with E-state index in [-0.39, 0.29) is 11.4 Å². The van der Waals surface area contributed by atoms with E-state index >= 15 is 0 Å². The van der Waals surface area contributed by atoms with Gasteiger partial charge in [-0.15, -0.1) is 0 Å². The predicted molar refractivity (Wildman–Crippen MR) is 92.7 cm³/mol. The first-order valence-electron chi connectivity index (χ1n) is 9.15. The first kappa shape index (κ1) is 14.5. The number of hydrogen-bond donors (Lipinski definition) is 1. The molecule has 5 rings (SSSR count). The fraction of sp³-hybridized carbons (Fsp3) is 0.550. The SMILES string of the molecule is CC[C@H]1C[C@@H]2CC(C(=O)OC)=C3Nc4ccccc4[C@@]34CCN1[C@H]24. The molecule has 3 heterocycles. The van der Waals surface area contributed by atoms with Crippen molar-refractivity contribution in [2.45, 2.75) is 50.1 Å². The number of para-hydroxylation sites is 1. The summed E-state index contributed by atoms with van der Waals surface area (Å²) < 4.78 is 5.15. The van der Waals surface area contributed by atoms with E-state index in [1.807, 2.05) is 0 Å². The van der Waals surface area contributed by atoms with Gasteiger partial charge in [0.2, 0.25) is 0 Å². The lowest BCUT2D eigenvalue weighted by Gasteiger charge is -2.41. The summed E-state index contributed by atoms with van der Waals surface area (Å²) in [5.41, 5.74) is 4.55. The van der Waals surface area contributed by atoms with Crippen LogP contribution in [0.25, 0.3) is 0 Å². The number of hydrogen-bond acceptors (Lipinski definition) is 4. The molecule has 0 bridgehead atoms. The van der Waals surface area contributed by atoms with Crippen molar-refractivity contribution in [1.82, 2.24) is 4.90 Å². The van der Waals surface area contributed by atoms with E-state index < -0.39 is 0 Å². The molecule has 0 radical (unpaired) electrons. The Morgan fingerprint density at radius 3 is 3.04 bits per heavy atom. The lowest BCUT2D eigenvalue weighted by atomic mass is 9.63. The summed E-state index contributed by atoms with van der Waals surface area (Å²) in [5.74, 6) is 0.407. The fourth-order valence-corrected chi connectivity index (χ4v) is 6.11. The molecular formula is C20H24N2O2. The van der Waals surface area contributed by atoms with Gasteiger partial charge in [0, 0.05) is 30.0 Å². The van der Waals surface area contributed by atoms with E-state index in [1.165, 1.54) is 31.2 Å². The number of nitrogens with one attached hydrogen (secondary N) is 1. The van der Waals surface area contributed by atoms with Crippen LogP contribution in [0.2, 0.25) is 0 Å². The number of ether oxygens (including phenoxy) is 1. The van der Waals surface area contributed by atoms with Gasteiger partial charge in [0.25, 0.3) is 0 Å². The second-order valence-electron chi connectivity index (χ2n) is 7.68. The van der Waals surface area contributed by atoms with Gasteiger partial charge in [0.05, 0.1) is 18.1 Å². The van der Waals surface area contributed by atoms with Crippen LogP contribution < -0.4 is 5.32 Å². The minimum Gasteiger partial charge on any atom is -0.466 e. The molecule has 0 aromatic heterocycles. The summed E-state index contributed by atoms with van der Waals surface area (Å²) in [6, 6.07) is 9.80. The molecule has 4 nitrogen and oxygen atoms in total. The van der Waals surface area contributed by atoms with Crippen LogP contribution in [0.1, 0.15) is 38.2 Å². The maximum Gasteiger partial charge on any atom is 0.335 e. The van der Waals surface area contributed by atoms with Gasteiger partial charge in [-0.3, -0.25) is 4.90 Å². The van der Waals surface area contributed by atoms with Gasteiger partial charge in [0.1, 0.15) is 0 Å². The van der Waals surface area contributed by atoms with Gasteiger partial charge < -0.3 is 10.1 Å². The maximum absolute atomic E-state index is 12.5. The molecule has 126 valence electrons. The van der Waals surface area contributed by atoms with E-state index in [0.29, 0.717) is 18.0 Å². The van der Waals surface area contributed by atoms with Crippen LogP contribution in [-0.4, -0.2) is 36.6 Å². The molecule has 0 unspecified atom stereocenters. The minimum absolute atomic E-state index is 0.0348. The molecule has 1 N–H and O–H groups in total. The van der Waals surface area contributed by atoms with Crippen molar-refractivity contribution in [3.63, 3.8) is 0 Å². The third-order valence-electron chi connectivity index (χ3n) is 6.90. The second kappa shape index (κ2) is 4.85. The second-order valence-corrected chi connectivity index (χ2v) is 7.68. The van der Waals surface area contributed by atoms with Crippen LogP contribution in [0.15, 0.2) is 35.5 Å². The molecule has 1 spiro atoms. The molecule has 4 heteroatoms. The van der Waals surface area contributed by atoms with Gasteiger partial charge in [0.15, 0.2) is 0 Å². The molecule has 2 fully saturated rings. The van der Waals surface area contributed by atoms with Crippen LogP contribution in [0, 0.1) is 5.92 Å². The van der Waals surface area contributed by atoms with Crippen molar-refractivity contribution >= 4 is 11.7 Å². The third-order valence-corrected chi connectivity index (χ3v) is 6.90. The monoisotopic (exact) mass is 324 g/mol. The smallest absolute Gasteiger partial charge is 0.335 e. The quantitative estimate of drug-likeness (QED) is 0.849. The fourth-order valence-electron chi connectivity index (χ4n) is 6.11. The van der Waals surface area contributed by atoms with Crippen molar-refractivity contribution in [1.29, 1.82) is 0 Å². The molecule has 1 aliphatic carbocycles.